The van der Waals surface area contributed by atoms with Gasteiger partial charge in [0.1, 0.15) is 23.8 Å². The highest BCUT2D eigenvalue weighted by Gasteiger charge is 2.14. The molecule has 1 aromatic heterocycles. The molecule has 7 heteroatoms. The van der Waals surface area contributed by atoms with Crippen LogP contribution < -0.4 is 15.0 Å². The molecule has 1 heterocycles. The fourth-order valence-corrected chi connectivity index (χ4v) is 2.80. The summed E-state index contributed by atoms with van der Waals surface area (Å²) < 4.78 is 12.5. The number of aromatic nitrogens is 2. The standard InChI is InChI=1S/C23H25N3O4/c1-25(15-8-17-29-19-9-4-2-5-10-19)23(28)21-13-14-22(27)26(24-21)16-18-30-20-11-6-3-7-12-20/h2-7,9-14H,8,15-18H2,1H3. The summed E-state index contributed by atoms with van der Waals surface area (Å²) in [4.78, 5) is 26.3. The first-order chi connectivity index (χ1) is 14.6. The lowest BCUT2D eigenvalue weighted by Gasteiger charge is -2.17. The van der Waals surface area contributed by atoms with Crippen molar-refractivity contribution < 1.29 is 14.3 Å². The van der Waals surface area contributed by atoms with Gasteiger partial charge < -0.3 is 14.4 Å². The molecule has 0 aliphatic carbocycles. The zero-order chi connectivity index (χ0) is 21.2. The Morgan fingerprint density at radius 2 is 1.50 bits per heavy atom. The maximum absolute atomic E-state index is 12.6. The minimum atomic E-state index is -0.276. The second-order valence-electron chi connectivity index (χ2n) is 6.68. The van der Waals surface area contributed by atoms with Crippen LogP contribution >= 0.6 is 0 Å². The first kappa shape index (κ1) is 21.1. The molecule has 30 heavy (non-hydrogen) atoms. The number of nitrogens with zero attached hydrogens (tertiary/aromatic N) is 3. The van der Waals surface area contributed by atoms with Crippen molar-refractivity contribution in [3.8, 4) is 11.5 Å². The summed E-state index contributed by atoms with van der Waals surface area (Å²) in [5.74, 6) is 1.28. The molecule has 0 radical (unpaired) electrons. The minimum Gasteiger partial charge on any atom is -0.494 e. The second-order valence-corrected chi connectivity index (χ2v) is 6.68. The van der Waals surface area contributed by atoms with Crippen molar-refractivity contribution in [1.29, 1.82) is 0 Å². The molecule has 0 bridgehead atoms. The van der Waals surface area contributed by atoms with E-state index in [-0.39, 0.29) is 30.3 Å². The Hall–Kier alpha value is -3.61. The summed E-state index contributed by atoms with van der Waals surface area (Å²) in [7, 11) is 1.71. The highest BCUT2D eigenvalue weighted by atomic mass is 16.5. The average molecular weight is 407 g/mol. The Labute approximate surface area is 175 Å². The normalized spacial score (nSPS) is 10.4. The van der Waals surface area contributed by atoms with E-state index in [1.165, 1.54) is 16.8 Å². The van der Waals surface area contributed by atoms with Crippen LogP contribution in [-0.2, 0) is 6.54 Å². The largest absolute Gasteiger partial charge is 0.494 e. The van der Waals surface area contributed by atoms with Crippen molar-refractivity contribution in [1.82, 2.24) is 14.7 Å². The highest BCUT2D eigenvalue weighted by Crippen LogP contribution is 2.09. The van der Waals surface area contributed by atoms with E-state index in [4.69, 9.17) is 9.47 Å². The van der Waals surface area contributed by atoms with Crippen LogP contribution in [0.4, 0.5) is 0 Å². The van der Waals surface area contributed by atoms with E-state index in [2.05, 4.69) is 5.10 Å². The number of rotatable bonds is 10. The maximum atomic E-state index is 12.6. The molecule has 3 rings (SSSR count). The van der Waals surface area contributed by atoms with Crippen LogP contribution in [0.2, 0.25) is 0 Å². The first-order valence-corrected chi connectivity index (χ1v) is 9.83. The quantitative estimate of drug-likeness (QED) is 0.483. The van der Waals surface area contributed by atoms with Gasteiger partial charge in [0.15, 0.2) is 0 Å². The molecule has 2 aromatic carbocycles. The van der Waals surface area contributed by atoms with Crippen molar-refractivity contribution in [3.05, 3.63) is 88.8 Å². The number of ether oxygens (including phenoxy) is 2. The van der Waals surface area contributed by atoms with E-state index >= 15 is 0 Å². The van der Waals surface area contributed by atoms with Crippen LogP contribution in [0.25, 0.3) is 0 Å². The van der Waals surface area contributed by atoms with Gasteiger partial charge in [0.2, 0.25) is 0 Å². The van der Waals surface area contributed by atoms with E-state index in [0.717, 1.165) is 11.5 Å². The van der Waals surface area contributed by atoms with Crippen LogP contribution in [0.5, 0.6) is 11.5 Å². The van der Waals surface area contributed by atoms with Crippen molar-refractivity contribution in [3.63, 3.8) is 0 Å². The molecule has 0 unspecified atom stereocenters. The first-order valence-electron chi connectivity index (χ1n) is 9.83. The summed E-state index contributed by atoms with van der Waals surface area (Å²) in [6.07, 6.45) is 0.682. The monoisotopic (exact) mass is 407 g/mol. The van der Waals surface area contributed by atoms with Gasteiger partial charge in [0.05, 0.1) is 13.2 Å². The van der Waals surface area contributed by atoms with E-state index in [0.29, 0.717) is 19.6 Å². The molecule has 3 aromatic rings. The van der Waals surface area contributed by atoms with E-state index in [1.54, 1.807) is 11.9 Å². The maximum Gasteiger partial charge on any atom is 0.274 e. The average Bonchev–Trinajstić information content (AvgIpc) is 2.79. The molecular weight excluding hydrogens is 382 g/mol. The Kier molecular flexibility index (Phi) is 7.60. The molecule has 0 N–H and O–H groups in total. The van der Waals surface area contributed by atoms with Crippen molar-refractivity contribution in [2.24, 2.45) is 0 Å². The smallest absolute Gasteiger partial charge is 0.274 e. The van der Waals surface area contributed by atoms with Crippen LogP contribution in [0.3, 0.4) is 0 Å². The molecule has 0 aliphatic rings. The summed E-state index contributed by atoms with van der Waals surface area (Å²) in [6.45, 7) is 1.56. The number of amides is 1. The lowest BCUT2D eigenvalue weighted by atomic mass is 10.3. The molecule has 0 saturated carbocycles. The number of para-hydroxylation sites is 2. The SMILES string of the molecule is CN(CCCOc1ccccc1)C(=O)c1ccc(=O)n(CCOc2ccccc2)n1. The van der Waals surface area contributed by atoms with Gasteiger partial charge in [0, 0.05) is 19.7 Å². The lowest BCUT2D eigenvalue weighted by Crippen LogP contribution is -2.33. The zero-order valence-corrected chi connectivity index (χ0v) is 16.9. The fourth-order valence-electron chi connectivity index (χ4n) is 2.80. The van der Waals surface area contributed by atoms with Crippen molar-refractivity contribution >= 4 is 5.91 Å². The van der Waals surface area contributed by atoms with Crippen LogP contribution in [0, 0.1) is 0 Å². The van der Waals surface area contributed by atoms with Crippen molar-refractivity contribution in [2.45, 2.75) is 13.0 Å². The molecular formula is C23H25N3O4. The predicted octanol–water partition coefficient (Wildman–Crippen LogP) is 2.86. The van der Waals surface area contributed by atoms with Gasteiger partial charge in [-0.3, -0.25) is 9.59 Å². The number of carbonyl (C=O) groups is 1. The molecule has 0 fully saturated rings. The lowest BCUT2D eigenvalue weighted by molar-refractivity contribution is 0.0778. The van der Waals surface area contributed by atoms with Gasteiger partial charge in [-0.25, -0.2) is 4.68 Å². The fraction of sp³-hybridized carbons (Fsp3) is 0.261. The van der Waals surface area contributed by atoms with E-state index < -0.39 is 0 Å². The van der Waals surface area contributed by atoms with Crippen LogP contribution in [0.1, 0.15) is 16.9 Å². The van der Waals surface area contributed by atoms with Gasteiger partial charge in [-0.05, 0) is 36.8 Å². The Morgan fingerprint density at radius 1 is 0.900 bits per heavy atom. The Morgan fingerprint density at radius 3 is 2.13 bits per heavy atom. The summed E-state index contributed by atoms with van der Waals surface area (Å²) in [5, 5.41) is 4.20. The zero-order valence-electron chi connectivity index (χ0n) is 16.9. The summed E-state index contributed by atoms with van der Waals surface area (Å²) in [5.41, 5.74) is -0.0529. The third-order valence-corrected chi connectivity index (χ3v) is 4.40. The molecule has 0 saturated heterocycles. The van der Waals surface area contributed by atoms with Crippen LogP contribution in [-0.4, -0.2) is 47.4 Å². The van der Waals surface area contributed by atoms with Crippen molar-refractivity contribution in [2.75, 3.05) is 26.8 Å². The van der Waals surface area contributed by atoms with Crippen LogP contribution in [0.15, 0.2) is 77.6 Å². The predicted molar refractivity (Wildman–Crippen MR) is 114 cm³/mol. The Balaban J connectivity index is 1.49. The van der Waals surface area contributed by atoms with E-state index in [1.807, 2.05) is 60.7 Å². The number of hydrogen-bond donors (Lipinski definition) is 0. The minimum absolute atomic E-state index is 0.223. The van der Waals surface area contributed by atoms with Gasteiger partial charge in [0.25, 0.3) is 11.5 Å². The van der Waals surface area contributed by atoms with Gasteiger partial charge >= 0.3 is 0 Å². The third-order valence-electron chi connectivity index (χ3n) is 4.40. The summed E-state index contributed by atoms with van der Waals surface area (Å²) in [6, 6.07) is 21.7. The van der Waals surface area contributed by atoms with Gasteiger partial charge in [-0.2, -0.15) is 5.10 Å². The topological polar surface area (TPSA) is 73.7 Å². The van der Waals surface area contributed by atoms with Gasteiger partial charge in [-0.1, -0.05) is 36.4 Å². The highest BCUT2D eigenvalue weighted by molar-refractivity contribution is 5.91. The van der Waals surface area contributed by atoms with Gasteiger partial charge in [-0.15, -0.1) is 0 Å². The Bertz CT molecular complexity index is 990. The third kappa shape index (κ3) is 6.20. The number of benzene rings is 2. The molecule has 0 spiro atoms. The summed E-state index contributed by atoms with van der Waals surface area (Å²) >= 11 is 0. The molecule has 156 valence electrons. The molecule has 0 atom stereocenters. The molecule has 7 nitrogen and oxygen atoms in total. The molecule has 0 aliphatic heterocycles. The van der Waals surface area contributed by atoms with E-state index in [9.17, 15) is 9.59 Å². The molecule has 1 amide bonds. The number of hydrogen-bond acceptors (Lipinski definition) is 5. The number of carbonyl (C=O) groups excluding carboxylic acids is 1. The second kappa shape index (κ2) is 10.8.